The van der Waals surface area contributed by atoms with Gasteiger partial charge in [-0.1, -0.05) is 0 Å². The molecule has 6 nitrogen and oxygen atoms in total. The van der Waals surface area contributed by atoms with Gasteiger partial charge in [-0.2, -0.15) is 0 Å². The van der Waals surface area contributed by atoms with Crippen LogP contribution < -0.4 is 5.32 Å². The minimum atomic E-state index is -3.87. The summed E-state index contributed by atoms with van der Waals surface area (Å²) in [6.07, 6.45) is 1.82. The summed E-state index contributed by atoms with van der Waals surface area (Å²) in [6, 6.07) is 3.78. The average Bonchev–Trinajstić information content (AvgIpc) is 3.13. The van der Waals surface area contributed by atoms with Crippen LogP contribution in [0.4, 0.5) is 4.39 Å². The van der Waals surface area contributed by atoms with Gasteiger partial charge in [0, 0.05) is 19.2 Å². The number of rotatable bonds is 5. The van der Waals surface area contributed by atoms with Crippen LogP contribution in [-0.4, -0.2) is 58.9 Å². The van der Waals surface area contributed by atoms with Crippen molar-refractivity contribution in [3.05, 3.63) is 30.1 Å². The summed E-state index contributed by atoms with van der Waals surface area (Å²) >= 11 is 0. The van der Waals surface area contributed by atoms with Crippen molar-refractivity contribution in [3.8, 4) is 0 Å². The Labute approximate surface area is 141 Å². The van der Waals surface area contributed by atoms with E-state index in [0.29, 0.717) is 13.2 Å². The SMILES string of the molecule is O=S1(=O)C[C@H](NC[C@H]2CCCO2)[C@@H](S(=O)(=O)c2ccc(F)cc2)C1. The predicted molar refractivity (Wildman–Crippen MR) is 86.8 cm³/mol. The molecule has 1 aromatic rings. The molecule has 0 spiro atoms. The first-order valence-electron chi connectivity index (χ1n) is 7.83. The monoisotopic (exact) mass is 377 g/mol. The van der Waals surface area contributed by atoms with Crippen LogP contribution in [0.3, 0.4) is 0 Å². The number of ether oxygens (including phenoxy) is 1. The van der Waals surface area contributed by atoms with Crippen molar-refractivity contribution in [2.24, 2.45) is 0 Å². The van der Waals surface area contributed by atoms with E-state index in [0.717, 1.165) is 25.0 Å². The standard InChI is InChI=1S/C15H20FNO5S2/c16-11-3-5-13(6-4-11)24(20,21)15-10-23(18,19)9-14(15)17-8-12-2-1-7-22-12/h3-6,12,14-15,17H,1-2,7-10H2/t12-,14+,15+/m1/s1. The van der Waals surface area contributed by atoms with Crippen LogP contribution in [0, 0.1) is 5.82 Å². The molecule has 0 amide bonds. The van der Waals surface area contributed by atoms with Gasteiger partial charge in [-0.25, -0.2) is 21.2 Å². The maximum atomic E-state index is 13.0. The Morgan fingerprint density at radius 2 is 1.92 bits per heavy atom. The maximum absolute atomic E-state index is 13.0. The summed E-state index contributed by atoms with van der Waals surface area (Å²) in [4.78, 5) is -0.0603. The summed E-state index contributed by atoms with van der Waals surface area (Å²) in [6.45, 7) is 1.10. The lowest BCUT2D eigenvalue weighted by Gasteiger charge is -2.21. The van der Waals surface area contributed by atoms with E-state index >= 15 is 0 Å². The average molecular weight is 377 g/mol. The number of hydrogen-bond donors (Lipinski definition) is 1. The summed E-state index contributed by atoms with van der Waals surface area (Å²) in [5.41, 5.74) is 0. The summed E-state index contributed by atoms with van der Waals surface area (Å²) in [5, 5.41) is 1.98. The lowest BCUT2D eigenvalue weighted by molar-refractivity contribution is 0.108. The van der Waals surface area contributed by atoms with Crippen LogP contribution >= 0.6 is 0 Å². The highest BCUT2D eigenvalue weighted by atomic mass is 32.2. The number of hydrogen-bond acceptors (Lipinski definition) is 6. The van der Waals surface area contributed by atoms with E-state index in [1.807, 2.05) is 0 Å². The molecule has 3 atom stereocenters. The van der Waals surface area contributed by atoms with Gasteiger partial charge in [0.15, 0.2) is 19.7 Å². The van der Waals surface area contributed by atoms with E-state index in [1.54, 1.807) is 0 Å². The van der Waals surface area contributed by atoms with Crippen molar-refractivity contribution in [2.45, 2.75) is 35.1 Å². The van der Waals surface area contributed by atoms with Crippen molar-refractivity contribution in [1.29, 1.82) is 0 Å². The molecule has 1 N–H and O–H groups in total. The van der Waals surface area contributed by atoms with Gasteiger partial charge < -0.3 is 10.1 Å². The minimum Gasteiger partial charge on any atom is -0.377 e. The van der Waals surface area contributed by atoms with Crippen LogP contribution in [0.5, 0.6) is 0 Å². The molecule has 2 fully saturated rings. The Kier molecular flexibility index (Phi) is 4.96. The molecular weight excluding hydrogens is 357 g/mol. The van der Waals surface area contributed by atoms with Crippen molar-refractivity contribution >= 4 is 19.7 Å². The van der Waals surface area contributed by atoms with Crippen LogP contribution in [0.1, 0.15) is 12.8 Å². The molecule has 0 aromatic heterocycles. The van der Waals surface area contributed by atoms with Gasteiger partial charge in [0.1, 0.15) is 5.82 Å². The van der Waals surface area contributed by atoms with Gasteiger partial charge in [-0.15, -0.1) is 0 Å². The van der Waals surface area contributed by atoms with Crippen molar-refractivity contribution < 1.29 is 26.0 Å². The molecule has 0 bridgehead atoms. The molecule has 0 unspecified atom stereocenters. The second-order valence-corrected chi connectivity index (χ2v) is 10.6. The third-order valence-corrected chi connectivity index (χ3v) is 8.64. The van der Waals surface area contributed by atoms with Crippen LogP contribution in [-0.2, 0) is 24.4 Å². The molecule has 2 aliphatic heterocycles. The fourth-order valence-corrected chi connectivity index (χ4v) is 7.92. The Morgan fingerprint density at radius 1 is 1.21 bits per heavy atom. The van der Waals surface area contributed by atoms with Gasteiger partial charge >= 0.3 is 0 Å². The summed E-state index contributed by atoms with van der Waals surface area (Å²) < 4.78 is 68.0. The maximum Gasteiger partial charge on any atom is 0.183 e. The lowest BCUT2D eigenvalue weighted by Crippen LogP contribution is -2.45. The first-order valence-corrected chi connectivity index (χ1v) is 11.2. The number of nitrogens with one attached hydrogen (secondary N) is 1. The smallest absolute Gasteiger partial charge is 0.183 e. The summed E-state index contributed by atoms with van der Waals surface area (Å²) in [7, 11) is -7.32. The molecule has 9 heteroatoms. The zero-order chi connectivity index (χ0) is 17.4. The zero-order valence-electron chi connectivity index (χ0n) is 13.0. The highest BCUT2D eigenvalue weighted by molar-refractivity contribution is 7.96. The first kappa shape index (κ1) is 17.8. The van der Waals surface area contributed by atoms with Crippen LogP contribution in [0.15, 0.2) is 29.2 Å². The van der Waals surface area contributed by atoms with E-state index in [4.69, 9.17) is 4.74 Å². The zero-order valence-corrected chi connectivity index (χ0v) is 14.7. The second kappa shape index (κ2) is 6.70. The molecule has 1 aromatic carbocycles. The van der Waals surface area contributed by atoms with E-state index in [2.05, 4.69) is 5.32 Å². The molecule has 2 heterocycles. The Balaban J connectivity index is 1.80. The van der Waals surface area contributed by atoms with Crippen molar-refractivity contribution in [2.75, 3.05) is 24.7 Å². The van der Waals surface area contributed by atoms with Gasteiger partial charge in [-0.05, 0) is 37.1 Å². The second-order valence-electron chi connectivity index (χ2n) is 6.26. The molecule has 24 heavy (non-hydrogen) atoms. The van der Waals surface area contributed by atoms with E-state index in [9.17, 15) is 21.2 Å². The van der Waals surface area contributed by atoms with Gasteiger partial charge in [0.2, 0.25) is 0 Å². The fourth-order valence-electron chi connectivity index (χ4n) is 3.20. The molecule has 134 valence electrons. The largest absolute Gasteiger partial charge is 0.377 e. The highest BCUT2D eigenvalue weighted by Gasteiger charge is 2.45. The van der Waals surface area contributed by atoms with Crippen LogP contribution in [0.25, 0.3) is 0 Å². The third kappa shape index (κ3) is 3.79. The van der Waals surface area contributed by atoms with Crippen molar-refractivity contribution in [3.63, 3.8) is 0 Å². The van der Waals surface area contributed by atoms with Gasteiger partial charge in [-0.3, -0.25) is 0 Å². The van der Waals surface area contributed by atoms with E-state index in [-0.39, 0.29) is 16.8 Å². The molecule has 2 aliphatic rings. The first-order chi connectivity index (χ1) is 11.3. The lowest BCUT2D eigenvalue weighted by atomic mass is 10.2. The van der Waals surface area contributed by atoms with E-state index < -0.39 is 42.5 Å². The molecular formula is C15H20FNO5S2. The summed E-state index contributed by atoms with van der Waals surface area (Å²) in [5.74, 6) is -1.18. The topological polar surface area (TPSA) is 89.5 Å². The number of benzene rings is 1. The molecule has 3 rings (SSSR count). The Hall–Kier alpha value is -1.03. The number of halogens is 1. The minimum absolute atomic E-state index is 0.0116. The normalized spacial score (nSPS) is 29.8. The highest BCUT2D eigenvalue weighted by Crippen LogP contribution is 2.26. The predicted octanol–water partition coefficient (Wildman–Crippen LogP) is 0.534. The Bertz CT molecular complexity index is 786. The molecule has 0 radical (unpaired) electrons. The number of sulfone groups is 2. The van der Waals surface area contributed by atoms with Gasteiger partial charge in [0.05, 0.1) is 27.8 Å². The molecule has 0 aliphatic carbocycles. The quantitative estimate of drug-likeness (QED) is 0.753. The third-order valence-electron chi connectivity index (χ3n) is 4.47. The van der Waals surface area contributed by atoms with Crippen molar-refractivity contribution in [1.82, 2.24) is 5.32 Å². The van der Waals surface area contributed by atoms with Gasteiger partial charge in [0.25, 0.3) is 0 Å². The van der Waals surface area contributed by atoms with E-state index in [1.165, 1.54) is 12.1 Å². The molecule has 2 saturated heterocycles. The fraction of sp³-hybridized carbons (Fsp3) is 0.600. The molecule has 0 saturated carbocycles. The van der Waals surface area contributed by atoms with Crippen LogP contribution in [0.2, 0.25) is 0 Å². The Morgan fingerprint density at radius 3 is 2.54 bits per heavy atom.